The first-order chi connectivity index (χ1) is 14.1. The standard InChI is InChI=1S/C21H23N5O3/c1-2-10-22-20(28)16-9-6-11-26-19(16)25-13-17(21(26)29)23-14-18(27)24-12-15-7-4-3-5-8-15/h3-9,11,13,23H,2,10,12,14H2,1H3,(H,22,28)(H,24,27). The predicted molar refractivity (Wildman–Crippen MR) is 111 cm³/mol. The number of amides is 2. The second-order valence-electron chi connectivity index (χ2n) is 6.46. The van der Waals surface area contributed by atoms with Crippen LogP contribution in [0.5, 0.6) is 0 Å². The number of carbonyl (C=O) groups is 2. The van der Waals surface area contributed by atoms with E-state index in [1.165, 1.54) is 10.6 Å². The molecule has 0 aliphatic heterocycles. The molecule has 2 aromatic heterocycles. The molecule has 1 aromatic carbocycles. The Morgan fingerprint density at radius 2 is 1.86 bits per heavy atom. The van der Waals surface area contributed by atoms with Gasteiger partial charge in [-0.25, -0.2) is 4.98 Å². The number of hydrogen-bond donors (Lipinski definition) is 3. The third kappa shape index (κ3) is 4.98. The normalized spacial score (nSPS) is 10.5. The molecule has 8 heteroatoms. The lowest BCUT2D eigenvalue weighted by Crippen LogP contribution is -2.31. The van der Waals surface area contributed by atoms with Crippen LogP contribution >= 0.6 is 0 Å². The Hall–Kier alpha value is -3.68. The van der Waals surface area contributed by atoms with Crippen molar-refractivity contribution in [1.29, 1.82) is 0 Å². The molecule has 0 unspecified atom stereocenters. The Morgan fingerprint density at radius 3 is 2.62 bits per heavy atom. The first-order valence-electron chi connectivity index (χ1n) is 9.43. The molecule has 2 heterocycles. The highest BCUT2D eigenvalue weighted by atomic mass is 16.2. The molecule has 0 saturated carbocycles. The van der Waals surface area contributed by atoms with E-state index in [0.29, 0.717) is 18.7 Å². The first kappa shape index (κ1) is 20.1. The van der Waals surface area contributed by atoms with Crippen LogP contribution in [0, 0.1) is 0 Å². The Balaban J connectivity index is 1.69. The van der Waals surface area contributed by atoms with Crippen LogP contribution in [0.15, 0.2) is 59.7 Å². The van der Waals surface area contributed by atoms with Gasteiger partial charge in [-0.15, -0.1) is 0 Å². The summed E-state index contributed by atoms with van der Waals surface area (Å²) in [6.07, 6.45) is 3.70. The molecule has 150 valence electrons. The van der Waals surface area contributed by atoms with E-state index in [1.54, 1.807) is 18.3 Å². The van der Waals surface area contributed by atoms with Gasteiger partial charge in [-0.2, -0.15) is 0 Å². The average molecular weight is 393 g/mol. The largest absolute Gasteiger partial charge is 0.370 e. The van der Waals surface area contributed by atoms with E-state index in [4.69, 9.17) is 0 Å². The van der Waals surface area contributed by atoms with Gasteiger partial charge >= 0.3 is 0 Å². The van der Waals surface area contributed by atoms with Gasteiger partial charge in [0.15, 0.2) is 5.65 Å². The van der Waals surface area contributed by atoms with Crippen LogP contribution in [0.4, 0.5) is 5.69 Å². The summed E-state index contributed by atoms with van der Waals surface area (Å²) in [5.41, 5.74) is 1.39. The molecule has 0 saturated heterocycles. The molecular weight excluding hydrogens is 370 g/mol. The summed E-state index contributed by atoms with van der Waals surface area (Å²) >= 11 is 0. The molecule has 8 nitrogen and oxygen atoms in total. The van der Waals surface area contributed by atoms with Gasteiger partial charge in [0.1, 0.15) is 5.69 Å². The van der Waals surface area contributed by atoms with E-state index in [9.17, 15) is 14.4 Å². The van der Waals surface area contributed by atoms with Crippen LogP contribution in [0.25, 0.3) is 5.65 Å². The number of nitrogens with zero attached hydrogens (tertiary/aromatic N) is 2. The number of pyridine rings is 1. The van der Waals surface area contributed by atoms with Gasteiger partial charge in [0.2, 0.25) is 5.91 Å². The second kappa shape index (κ2) is 9.50. The number of nitrogens with one attached hydrogen (secondary N) is 3. The lowest BCUT2D eigenvalue weighted by Gasteiger charge is -2.10. The van der Waals surface area contributed by atoms with E-state index in [-0.39, 0.29) is 35.3 Å². The number of aromatic nitrogens is 2. The fourth-order valence-corrected chi connectivity index (χ4v) is 2.77. The second-order valence-corrected chi connectivity index (χ2v) is 6.46. The third-order valence-corrected chi connectivity index (χ3v) is 4.28. The maximum absolute atomic E-state index is 12.7. The third-order valence-electron chi connectivity index (χ3n) is 4.28. The van der Waals surface area contributed by atoms with Gasteiger partial charge < -0.3 is 16.0 Å². The molecule has 3 N–H and O–H groups in total. The molecule has 0 aliphatic rings. The Labute approximate surface area is 168 Å². The van der Waals surface area contributed by atoms with Gasteiger partial charge in [0.05, 0.1) is 18.3 Å². The number of carbonyl (C=O) groups excluding carboxylic acids is 2. The molecule has 0 aliphatic carbocycles. The van der Waals surface area contributed by atoms with Gasteiger partial charge in [-0.1, -0.05) is 37.3 Å². The summed E-state index contributed by atoms with van der Waals surface area (Å²) in [4.78, 5) is 41.3. The maximum atomic E-state index is 12.7. The minimum absolute atomic E-state index is 0.0630. The summed E-state index contributed by atoms with van der Waals surface area (Å²) in [6, 6.07) is 12.8. The van der Waals surface area contributed by atoms with Crippen LogP contribution in [-0.2, 0) is 11.3 Å². The van der Waals surface area contributed by atoms with Crippen molar-refractivity contribution in [2.45, 2.75) is 19.9 Å². The number of fused-ring (bicyclic) bond motifs is 1. The molecule has 0 bridgehead atoms. The van der Waals surface area contributed by atoms with Crippen LogP contribution in [0.1, 0.15) is 29.3 Å². The van der Waals surface area contributed by atoms with Gasteiger partial charge in [-0.3, -0.25) is 18.8 Å². The molecule has 0 atom stereocenters. The zero-order valence-electron chi connectivity index (χ0n) is 16.1. The van der Waals surface area contributed by atoms with Crippen molar-refractivity contribution in [3.63, 3.8) is 0 Å². The van der Waals surface area contributed by atoms with Crippen molar-refractivity contribution in [2.24, 2.45) is 0 Å². The van der Waals surface area contributed by atoms with Crippen LogP contribution in [0.3, 0.4) is 0 Å². The topological polar surface area (TPSA) is 105 Å². The molecule has 3 rings (SSSR count). The highest BCUT2D eigenvalue weighted by Gasteiger charge is 2.13. The van der Waals surface area contributed by atoms with E-state index in [2.05, 4.69) is 20.9 Å². The number of anilines is 1. The minimum Gasteiger partial charge on any atom is -0.370 e. The Kier molecular flexibility index (Phi) is 6.57. The quantitative estimate of drug-likeness (QED) is 0.539. The fourth-order valence-electron chi connectivity index (χ4n) is 2.77. The molecule has 0 fully saturated rings. The average Bonchev–Trinajstić information content (AvgIpc) is 2.76. The van der Waals surface area contributed by atoms with E-state index >= 15 is 0 Å². The van der Waals surface area contributed by atoms with E-state index in [1.807, 2.05) is 37.3 Å². The lowest BCUT2D eigenvalue weighted by atomic mass is 10.2. The summed E-state index contributed by atoms with van der Waals surface area (Å²) in [5.74, 6) is -0.524. The smallest absolute Gasteiger partial charge is 0.281 e. The number of hydrogen-bond acceptors (Lipinski definition) is 5. The van der Waals surface area contributed by atoms with Crippen molar-refractivity contribution >= 4 is 23.1 Å². The van der Waals surface area contributed by atoms with Gasteiger partial charge in [0.25, 0.3) is 11.5 Å². The van der Waals surface area contributed by atoms with E-state index in [0.717, 1.165) is 12.0 Å². The van der Waals surface area contributed by atoms with Gasteiger partial charge in [0, 0.05) is 19.3 Å². The van der Waals surface area contributed by atoms with Crippen molar-refractivity contribution < 1.29 is 9.59 Å². The minimum atomic E-state index is -0.379. The highest BCUT2D eigenvalue weighted by molar-refractivity contribution is 5.99. The fraction of sp³-hybridized carbons (Fsp3) is 0.238. The molecular formula is C21H23N5O3. The maximum Gasteiger partial charge on any atom is 0.281 e. The summed E-state index contributed by atoms with van der Waals surface area (Å²) < 4.78 is 1.30. The highest BCUT2D eigenvalue weighted by Crippen LogP contribution is 2.08. The van der Waals surface area contributed by atoms with Gasteiger partial charge in [-0.05, 0) is 24.1 Å². The lowest BCUT2D eigenvalue weighted by molar-refractivity contribution is -0.119. The summed E-state index contributed by atoms with van der Waals surface area (Å²) in [6.45, 7) is 2.85. The van der Waals surface area contributed by atoms with Crippen LogP contribution < -0.4 is 21.5 Å². The van der Waals surface area contributed by atoms with Crippen molar-refractivity contribution in [2.75, 3.05) is 18.4 Å². The monoisotopic (exact) mass is 393 g/mol. The van der Waals surface area contributed by atoms with Crippen molar-refractivity contribution in [1.82, 2.24) is 20.0 Å². The first-order valence-corrected chi connectivity index (χ1v) is 9.43. The zero-order valence-corrected chi connectivity index (χ0v) is 16.1. The molecule has 0 spiro atoms. The SMILES string of the molecule is CCCNC(=O)c1cccn2c(=O)c(NCC(=O)NCc3ccccc3)cnc12. The van der Waals surface area contributed by atoms with Crippen LogP contribution in [0.2, 0.25) is 0 Å². The summed E-state index contributed by atoms with van der Waals surface area (Å²) in [7, 11) is 0. The Morgan fingerprint density at radius 1 is 1.07 bits per heavy atom. The molecule has 0 radical (unpaired) electrons. The number of rotatable bonds is 8. The summed E-state index contributed by atoms with van der Waals surface area (Å²) in [5, 5.41) is 8.38. The molecule has 3 aromatic rings. The Bertz CT molecular complexity index is 1060. The predicted octanol–water partition coefficient (Wildman–Crippen LogP) is 1.56. The van der Waals surface area contributed by atoms with Crippen LogP contribution in [-0.4, -0.2) is 34.3 Å². The van der Waals surface area contributed by atoms with Crippen molar-refractivity contribution in [3.05, 3.63) is 76.3 Å². The zero-order chi connectivity index (χ0) is 20.6. The number of benzene rings is 1. The van der Waals surface area contributed by atoms with E-state index < -0.39 is 0 Å². The molecule has 2 amide bonds. The molecule has 29 heavy (non-hydrogen) atoms. The van der Waals surface area contributed by atoms with Crippen molar-refractivity contribution in [3.8, 4) is 0 Å².